The van der Waals surface area contributed by atoms with Gasteiger partial charge >= 0.3 is 5.97 Å². The van der Waals surface area contributed by atoms with Crippen LogP contribution in [0.4, 0.5) is 5.69 Å². The molecule has 150 valence electrons. The number of hydrogen-bond acceptors (Lipinski definition) is 5. The number of aryl methyl sites for hydroxylation is 1. The summed E-state index contributed by atoms with van der Waals surface area (Å²) in [7, 11) is 0. The van der Waals surface area contributed by atoms with Crippen molar-refractivity contribution < 1.29 is 14.3 Å². The molecule has 1 N–H and O–H groups in total. The van der Waals surface area contributed by atoms with Crippen LogP contribution in [-0.4, -0.2) is 18.5 Å². The third kappa shape index (κ3) is 5.97. The zero-order valence-electron chi connectivity index (χ0n) is 16.4. The van der Waals surface area contributed by atoms with Crippen LogP contribution in [0.3, 0.4) is 0 Å². The molecular formula is C24H20N2O3S. The standard InChI is InChI=1S/C24H20N2O3S/c1-17-13-21(30-16-25)11-12-22(17)26-23(27)15-29-24(28)14-18-7-9-20(10-8-18)19-5-3-2-4-6-19/h2-13H,14-15H2,1H3,(H,26,27). The molecule has 0 spiro atoms. The summed E-state index contributed by atoms with van der Waals surface area (Å²) in [5.74, 6) is -0.873. The molecule has 0 aliphatic carbocycles. The van der Waals surface area contributed by atoms with Crippen LogP contribution >= 0.6 is 11.8 Å². The van der Waals surface area contributed by atoms with Crippen LogP contribution in [0.1, 0.15) is 11.1 Å². The lowest BCUT2D eigenvalue weighted by Crippen LogP contribution is -2.22. The van der Waals surface area contributed by atoms with E-state index in [1.165, 1.54) is 0 Å². The van der Waals surface area contributed by atoms with Crippen molar-refractivity contribution in [3.8, 4) is 16.5 Å². The van der Waals surface area contributed by atoms with E-state index in [0.717, 1.165) is 38.9 Å². The molecule has 3 rings (SSSR count). The molecule has 0 unspecified atom stereocenters. The maximum Gasteiger partial charge on any atom is 0.310 e. The molecule has 0 atom stereocenters. The lowest BCUT2D eigenvalue weighted by Gasteiger charge is -2.10. The Balaban J connectivity index is 1.48. The first-order valence-electron chi connectivity index (χ1n) is 9.31. The van der Waals surface area contributed by atoms with Gasteiger partial charge < -0.3 is 10.1 Å². The van der Waals surface area contributed by atoms with Gasteiger partial charge in [-0.2, -0.15) is 5.26 Å². The zero-order chi connectivity index (χ0) is 21.3. The van der Waals surface area contributed by atoms with Gasteiger partial charge in [-0.15, -0.1) is 0 Å². The second-order valence-electron chi connectivity index (χ2n) is 6.62. The van der Waals surface area contributed by atoms with E-state index in [1.54, 1.807) is 12.1 Å². The molecule has 30 heavy (non-hydrogen) atoms. The molecule has 0 saturated carbocycles. The predicted octanol–water partition coefficient (Wildman–Crippen LogP) is 4.96. The number of nitrogens with zero attached hydrogens (tertiary/aromatic N) is 1. The summed E-state index contributed by atoms with van der Waals surface area (Å²) in [6, 6.07) is 23.0. The molecule has 0 aliphatic heterocycles. The molecule has 0 fully saturated rings. The van der Waals surface area contributed by atoms with Crippen LogP contribution in [-0.2, 0) is 20.7 Å². The van der Waals surface area contributed by atoms with Gasteiger partial charge in [0.05, 0.1) is 6.42 Å². The Labute approximate surface area is 179 Å². The Hall–Kier alpha value is -3.56. The van der Waals surface area contributed by atoms with E-state index < -0.39 is 11.9 Å². The summed E-state index contributed by atoms with van der Waals surface area (Å²) in [5, 5.41) is 13.4. The van der Waals surface area contributed by atoms with Crippen molar-refractivity contribution in [1.82, 2.24) is 0 Å². The Morgan fingerprint density at radius 1 is 1.00 bits per heavy atom. The summed E-state index contributed by atoms with van der Waals surface area (Å²) in [5.41, 5.74) is 4.45. The number of rotatable bonds is 7. The molecule has 3 aromatic carbocycles. The number of hydrogen-bond donors (Lipinski definition) is 1. The van der Waals surface area contributed by atoms with Crippen molar-refractivity contribution in [3.63, 3.8) is 0 Å². The van der Waals surface area contributed by atoms with E-state index in [0.29, 0.717) is 5.69 Å². The minimum absolute atomic E-state index is 0.0987. The fourth-order valence-corrected chi connectivity index (χ4v) is 3.37. The first kappa shape index (κ1) is 21.2. The van der Waals surface area contributed by atoms with Gasteiger partial charge in [-0.05, 0) is 59.1 Å². The number of thioether (sulfide) groups is 1. The van der Waals surface area contributed by atoms with Crippen LogP contribution in [0, 0.1) is 17.6 Å². The monoisotopic (exact) mass is 416 g/mol. The Morgan fingerprint density at radius 2 is 1.70 bits per heavy atom. The SMILES string of the molecule is Cc1cc(SC#N)ccc1NC(=O)COC(=O)Cc1ccc(-c2ccccc2)cc1. The van der Waals surface area contributed by atoms with Crippen molar-refractivity contribution in [3.05, 3.63) is 83.9 Å². The van der Waals surface area contributed by atoms with Crippen LogP contribution in [0.5, 0.6) is 0 Å². The number of nitriles is 1. The summed E-state index contributed by atoms with van der Waals surface area (Å²) in [6.07, 6.45) is 0.0987. The number of esters is 1. The first-order chi connectivity index (χ1) is 14.5. The van der Waals surface area contributed by atoms with E-state index in [1.807, 2.05) is 73.0 Å². The zero-order valence-corrected chi connectivity index (χ0v) is 17.2. The molecule has 6 heteroatoms. The number of amides is 1. The van der Waals surface area contributed by atoms with Crippen LogP contribution in [0.25, 0.3) is 11.1 Å². The third-order valence-electron chi connectivity index (χ3n) is 4.41. The number of benzene rings is 3. The highest BCUT2D eigenvalue weighted by Gasteiger charge is 2.11. The fourth-order valence-electron chi connectivity index (χ4n) is 2.89. The van der Waals surface area contributed by atoms with Crippen molar-refractivity contribution in [2.24, 2.45) is 0 Å². The van der Waals surface area contributed by atoms with Crippen molar-refractivity contribution in [1.29, 1.82) is 5.26 Å². The lowest BCUT2D eigenvalue weighted by atomic mass is 10.0. The van der Waals surface area contributed by atoms with E-state index in [9.17, 15) is 9.59 Å². The number of anilines is 1. The highest BCUT2D eigenvalue weighted by Crippen LogP contribution is 2.23. The molecule has 0 aromatic heterocycles. The molecule has 1 amide bonds. The highest BCUT2D eigenvalue weighted by molar-refractivity contribution is 8.03. The quantitative estimate of drug-likeness (QED) is 0.335. The normalized spacial score (nSPS) is 10.1. The van der Waals surface area contributed by atoms with Crippen molar-refractivity contribution in [2.75, 3.05) is 11.9 Å². The van der Waals surface area contributed by atoms with Gasteiger partial charge in [0, 0.05) is 10.6 Å². The molecule has 0 bridgehead atoms. The molecule has 0 aliphatic rings. The molecule has 0 radical (unpaired) electrons. The summed E-state index contributed by atoms with van der Waals surface area (Å²) < 4.78 is 5.10. The average Bonchev–Trinajstić information content (AvgIpc) is 2.76. The number of thiocyanates is 1. The molecular weight excluding hydrogens is 396 g/mol. The number of nitrogens with one attached hydrogen (secondary N) is 1. The Bertz CT molecular complexity index is 1070. The minimum Gasteiger partial charge on any atom is -0.455 e. The van der Waals surface area contributed by atoms with Gasteiger partial charge in [-0.3, -0.25) is 9.59 Å². The van der Waals surface area contributed by atoms with Crippen LogP contribution < -0.4 is 5.32 Å². The van der Waals surface area contributed by atoms with Crippen LogP contribution in [0.2, 0.25) is 0 Å². The molecule has 5 nitrogen and oxygen atoms in total. The second kappa shape index (κ2) is 10.3. The van der Waals surface area contributed by atoms with Crippen molar-refractivity contribution >= 4 is 29.3 Å². The van der Waals surface area contributed by atoms with Gasteiger partial charge in [0.1, 0.15) is 5.40 Å². The van der Waals surface area contributed by atoms with Gasteiger partial charge in [0.2, 0.25) is 0 Å². The number of carbonyl (C=O) groups is 2. The highest BCUT2D eigenvalue weighted by atomic mass is 32.2. The van der Waals surface area contributed by atoms with Gasteiger partial charge in [0.25, 0.3) is 5.91 Å². The van der Waals surface area contributed by atoms with Crippen LogP contribution in [0.15, 0.2) is 77.7 Å². The average molecular weight is 417 g/mol. The van der Waals surface area contributed by atoms with E-state index >= 15 is 0 Å². The molecule has 0 saturated heterocycles. The molecule has 0 heterocycles. The van der Waals surface area contributed by atoms with Gasteiger partial charge in [0.15, 0.2) is 6.61 Å². The third-order valence-corrected chi connectivity index (χ3v) is 4.99. The minimum atomic E-state index is -0.463. The molecule has 3 aromatic rings. The van der Waals surface area contributed by atoms with E-state index in [-0.39, 0.29) is 13.0 Å². The Morgan fingerprint density at radius 3 is 2.37 bits per heavy atom. The van der Waals surface area contributed by atoms with E-state index in [2.05, 4.69) is 5.32 Å². The topological polar surface area (TPSA) is 79.2 Å². The summed E-state index contributed by atoms with van der Waals surface area (Å²) in [4.78, 5) is 25.0. The maximum atomic E-state index is 12.1. The smallest absolute Gasteiger partial charge is 0.310 e. The van der Waals surface area contributed by atoms with Gasteiger partial charge in [-0.25, -0.2) is 0 Å². The summed E-state index contributed by atoms with van der Waals surface area (Å²) >= 11 is 1.06. The fraction of sp³-hybridized carbons (Fsp3) is 0.125. The maximum absolute atomic E-state index is 12.1. The summed E-state index contributed by atoms with van der Waals surface area (Å²) in [6.45, 7) is 1.48. The van der Waals surface area contributed by atoms with Crippen molar-refractivity contribution in [2.45, 2.75) is 18.2 Å². The Kier molecular flexibility index (Phi) is 7.25. The number of ether oxygens (including phenoxy) is 1. The second-order valence-corrected chi connectivity index (χ2v) is 7.48. The predicted molar refractivity (Wildman–Crippen MR) is 118 cm³/mol. The van der Waals surface area contributed by atoms with Gasteiger partial charge in [-0.1, -0.05) is 54.6 Å². The largest absolute Gasteiger partial charge is 0.455 e. The number of carbonyl (C=O) groups excluding carboxylic acids is 2. The first-order valence-corrected chi connectivity index (χ1v) is 10.1. The lowest BCUT2D eigenvalue weighted by molar-refractivity contribution is -0.146. The van der Waals surface area contributed by atoms with E-state index in [4.69, 9.17) is 10.00 Å².